The molecule has 3 aromatic heterocycles. The minimum absolute atomic E-state index is 0.110. The molecule has 0 atom stereocenters. The maximum Gasteiger partial charge on any atom is 0.274 e. The number of hydrogen-bond donors (Lipinski definition) is 3. The molecule has 3 heterocycles. The third-order valence-corrected chi connectivity index (χ3v) is 4.79. The summed E-state index contributed by atoms with van der Waals surface area (Å²) < 4.78 is 3.27. The van der Waals surface area contributed by atoms with E-state index in [-0.39, 0.29) is 18.4 Å². The molecule has 0 saturated carbocycles. The number of aryl methyl sites for hydroxylation is 1. The van der Waals surface area contributed by atoms with Crippen molar-refractivity contribution in [1.82, 2.24) is 35.2 Å². The first-order chi connectivity index (χ1) is 15.5. The Morgan fingerprint density at radius 3 is 2.75 bits per heavy atom. The minimum atomic E-state index is -0.314. The number of pyridine rings is 1. The fourth-order valence-electron chi connectivity index (χ4n) is 3.24. The van der Waals surface area contributed by atoms with E-state index in [1.54, 1.807) is 46.0 Å². The van der Waals surface area contributed by atoms with Crippen LogP contribution in [-0.4, -0.2) is 56.5 Å². The smallest absolute Gasteiger partial charge is 0.274 e. The molecular formula is C22H24N8O2. The van der Waals surface area contributed by atoms with Gasteiger partial charge in [-0.3, -0.25) is 19.0 Å². The number of hydrogen-bond acceptors (Lipinski definition) is 6. The van der Waals surface area contributed by atoms with E-state index in [2.05, 4.69) is 31.1 Å². The summed E-state index contributed by atoms with van der Waals surface area (Å²) in [6.45, 7) is 1.39. The first-order valence-electron chi connectivity index (χ1n) is 10.2. The molecule has 1 aromatic carbocycles. The standard InChI is InChI=1S/C22H24N8O2/c1-23-8-9-24-21(31)14-30-13-15-10-17(6-7-19(15)28-30)26-22(32)20-5-3-4-18(27-20)16-11-25-29(2)12-16/h3-7,10-13,23H,8-9,14H2,1-2H3,(H,24,31)(H,26,32). The molecule has 0 aliphatic carbocycles. The molecule has 2 amide bonds. The van der Waals surface area contributed by atoms with E-state index in [1.165, 1.54) is 0 Å². The zero-order valence-corrected chi connectivity index (χ0v) is 17.9. The summed E-state index contributed by atoms with van der Waals surface area (Å²) in [4.78, 5) is 29.2. The van der Waals surface area contributed by atoms with Crippen LogP contribution in [0.15, 0.2) is 55.0 Å². The number of likely N-dealkylation sites (N-methyl/N-ethyl adjacent to an activating group) is 1. The van der Waals surface area contributed by atoms with Gasteiger partial charge in [0.25, 0.3) is 5.91 Å². The Hall–Kier alpha value is -4.05. The monoisotopic (exact) mass is 432 g/mol. The van der Waals surface area contributed by atoms with Gasteiger partial charge in [-0.05, 0) is 37.4 Å². The van der Waals surface area contributed by atoms with Crippen LogP contribution in [0, 0.1) is 0 Å². The number of nitrogens with zero attached hydrogens (tertiary/aromatic N) is 5. The predicted octanol–water partition coefficient (Wildman–Crippen LogP) is 1.42. The van der Waals surface area contributed by atoms with Gasteiger partial charge in [-0.25, -0.2) is 4.98 Å². The Bertz CT molecular complexity index is 1260. The van der Waals surface area contributed by atoms with Gasteiger partial charge in [0.05, 0.1) is 17.4 Å². The van der Waals surface area contributed by atoms with Crippen LogP contribution in [0.4, 0.5) is 5.69 Å². The van der Waals surface area contributed by atoms with Crippen molar-refractivity contribution >= 4 is 28.4 Å². The average Bonchev–Trinajstić information content (AvgIpc) is 3.39. The molecule has 164 valence electrons. The van der Waals surface area contributed by atoms with Gasteiger partial charge < -0.3 is 16.0 Å². The van der Waals surface area contributed by atoms with Crippen molar-refractivity contribution in [3.63, 3.8) is 0 Å². The summed E-state index contributed by atoms with van der Waals surface area (Å²) in [6.07, 6.45) is 5.33. The van der Waals surface area contributed by atoms with Crippen LogP contribution in [0.5, 0.6) is 0 Å². The molecule has 0 radical (unpaired) electrons. The van der Waals surface area contributed by atoms with Gasteiger partial charge in [0.2, 0.25) is 5.91 Å². The third kappa shape index (κ3) is 4.98. The van der Waals surface area contributed by atoms with Crippen molar-refractivity contribution in [2.24, 2.45) is 7.05 Å². The highest BCUT2D eigenvalue weighted by atomic mass is 16.2. The highest BCUT2D eigenvalue weighted by molar-refractivity contribution is 6.04. The van der Waals surface area contributed by atoms with Crippen LogP contribution < -0.4 is 16.0 Å². The van der Waals surface area contributed by atoms with E-state index in [0.717, 1.165) is 16.5 Å². The van der Waals surface area contributed by atoms with Crippen LogP contribution in [0.25, 0.3) is 22.2 Å². The SMILES string of the molecule is CNCCNC(=O)Cn1cc2cc(NC(=O)c3cccc(-c4cnn(C)c4)n3)ccc2n1. The van der Waals surface area contributed by atoms with Gasteiger partial charge in [-0.2, -0.15) is 10.2 Å². The molecule has 32 heavy (non-hydrogen) atoms. The lowest BCUT2D eigenvalue weighted by atomic mass is 10.2. The number of aromatic nitrogens is 5. The van der Waals surface area contributed by atoms with Gasteiger partial charge >= 0.3 is 0 Å². The Morgan fingerprint density at radius 2 is 1.97 bits per heavy atom. The first kappa shape index (κ1) is 21.2. The molecule has 4 rings (SSSR count). The zero-order chi connectivity index (χ0) is 22.5. The number of fused-ring (bicyclic) bond motifs is 1. The number of carbonyl (C=O) groups excluding carboxylic acids is 2. The summed E-state index contributed by atoms with van der Waals surface area (Å²) in [7, 11) is 3.66. The molecule has 0 fully saturated rings. The number of anilines is 1. The molecule has 4 aromatic rings. The predicted molar refractivity (Wildman–Crippen MR) is 121 cm³/mol. The number of amides is 2. The van der Waals surface area contributed by atoms with Crippen molar-refractivity contribution in [2.75, 3.05) is 25.5 Å². The van der Waals surface area contributed by atoms with Crippen molar-refractivity contribution in [3.8, 4) is 11.3 Å². The topological polar surface area (TPSA) is 119 Å². The molecular weight excluding hydrogens is 408 g/mol. The van der Waals surface area contributed by atoms with Gasteiger partial charge in [0.1, 0.15) is 12.2 Å². The molecule has 10 heteroatoms. The van der Waals surface area contributed by atoms with Crippen molar-refractivity contribution in [1.29, 1.82) is 0 Å². The molecule has 0 aliphatic heterocycles. The largest absolute Gasteiger partial charge is 0.353 e. The van der Waals surface area contributed by atoms with Crippen LogP contribution in [0.2, 0.25) is 0 Å². The Labute approximate surface area is 184 Å². The lowest BCUT2D eigenvalue weighted by molar-refractivity contribution is -0.121. The lowest BCUT2D eigenvalue weighted by Gasteiger charge is -2.06. The van der Waals surface area contributed by atoms with Gasteiger partial charge in [-0.15, -0.1) is 0 Å². The normalized spacial score (nSPS) is 10.9. The highest BCUT2D eigenvalue weighted by Crippen LogP contribution is 2.20. The summed E-state index contributed by atoms with van der Waals surface area (Å²) >= 11 is 0. The van der Waals surface area contributed by atoms with E-state index >= 15 is 0 Å². The van der Waals surface area contributed by atoms with E-state index < -0.39 is 0 Å². The number of carbonyl (C=O) groups is 2. The number of nitrogens with one attached hydrogen (secondary N) is 3. The van der Waals surface area contributed by atoms with Crippen molar-refractivity contribution in [3.05, 3.63) is 60.7 Å². The average molecular weight is 432 g/mol. The van der Waals surface area contributed by atoms with E-state index in [9.17, 15) is 9.59 Å². The van der Waals surface area contributed by atoms with Gasteiger partial charge in [0.15, 0.2) is 0 Å². The molecule has 0 unspecified atom stereocenters. The first-order valence-corrected chi connectivity index (χ1v) is 10.2. The van der Waals surface area contributed by atoms with Gasteiger partial charge in [-0.1, -0.05) is 6.07 Å². The maximum atomic E-state index is 12.7. The van der Waals surface area contributed by atoms with E-state index in [4.69, 9.17) is 0 Å². The fourth-order valence-corrected chi connectivity index (χ4v) is 3.24. The van der Waals surface area contributed by atoms with Crippen LogP contribution in [0.1, 0.15) is 10.5 Å². The molecule has 10 nitrogen and oxygen atoms in total. The van der Waals surface area contributed by atoms with E-state index in [0.29, 0.717) is 30.2 Å². The van der Waals surface area contributed by atoms with Crippen molar-refractivity contribution in [2.45, 2.75) is 6.54 Å². The van der Waals surface area contributed by atoms with Gasteiger partial charge in [0, 0.05) is 49.2 Å². The van der Waals surface area contributed by atoms with E-state index in [1.807, 2.05) is 32.4 Å². The summed E-state index contributed by atoms with van der Waals surface area (Å²) in [5.41, 5.74) is 3.18. The minimum Gasteiger partial charge on any atom is -0.353 e. The Morgan fingerprint density at radius 1 is 1.09 bits per heavy atom. The quantitative estimate of drug-likeness (QED) is 0.363. The third-order valence-electron chi connectivity index (χ3n) is 4.79. The molecule has 0 spiro atoms. The van der Waals surface area contributed by atoms with Crippen LogP contribution in [-0.2, 0) is 18.4 Å². The number of rotatable bonds is 8. The molecule has 0 bridgehead atoms. The Balaban J connectivity index is 1.45. The molecule has 0 aliphatic rings. The maximum absolute atomic E-state index is 12.7. The van der Waals surface area contributed by atoms with Crippen LogP contribution in [0.3, 0.4) is 0 Å². The summed E-state index contributed by atoms with van der Waals surface area (Å²) in [5, 5.41) is 18.0. The number of benzene rings is 1. The molecule has 0 saturated heterocycles. The summed E-state index contributed by atoms with van der Waals surface area (Å²) in [6, 6.07) is 10.7. The van der Waals surface area contributed by atoms with Crippen molar-refractivity contribution < 1.29 is 9.59 Å². The second-order valence-corrected chi connectivity index (χ2v) is 7.32. The lowest BCUT2D eigenvalue weighted by Crippen LogP contribution is -2.33. The second-order valence-electron chi connectivity index (χ2n) is 7.32. The highest BCUT2D eigenvalue weighted by Gasteiger charge is 2.12. The second kappa shape index (κ2) is 9.40. The summed E-state index contributed by atoms with van der Waals surface area (Å²) in [5.74, 6) is -0.424. The molecule has 3 N–H and O–H groups in total. The zero-order valence-electron chi connectivity index (χ0n) is 17.9. The Kier molecular flexibility index (Phi) is 6.22. The fraction of sp³-hybridized carbons (Fsp3) is 0.227. The van der Waals surface area contributed by atoms with Crippen LogP contribution >= 0.6 is 0 Å².